The van der Waals surface area contributed by atoms with Gasteiger partial charge in [-0.05, 0) is 20.5 Å². The van der Waals surface area contributed by atoms with Crippen LogP contribution in [0, 0.1) is 0 Å². The van der Waals surface area contributed by atoms with Crippen LogP contribution < -0.4 is 5.73 Å². The lowest BCUT2D eigenvalue weighted by Crippen LogP contribution is -2.14. The van der Waals surface area contributed by atoms with E-state index in [1.807, 2.05) is 0 Å². The van der Waals surface area contributed by atoms with E-state index in [-0.39, 0.29) is 0 Å². The first-order valence-corrected chi connectivity index (χ1v) is 6.70. The SMILES string of the molecule is CCCc1nc(CCN(C)C)sc1C(N)=S. The largest absolute Gasteiger partial charge is 0.389 e. The Labute approximate surface area is 107 Å². The van der Waals surface area contributed by atoms with Crippen molar-refractivity contribution in [3.05, 3.63) is 15.6 Å². The first-order valence-electron chi connectivity index (χ1n) is 5.47. The van der Waals surface area contributed by atoms with E-state index in [0.717, 1.165) is 41.4 Å². The molecule has 3 nitrogen and oxygen atoms in total. The molecule has 1 aromatic heterocycles. The van der Waals surface area contributed by atoms with Crippen molar-refractivity contribution in [2.24, 2.45) is 5.73 Å². The molecule has 1 aromatic rings. The highest BCUT2D eigenvalue weighted by Crippen LogP contribution is 2.20. The minimum atomic E-state index is 0.483. The van der Waals surface area contributed by atoms with Crippen molar-refractivity contribution in [2.75, 3.05) is 20.6 Å². The van der Waals surface area contributed by atoms with Gasteiger partial charge in [0.05, 0.1) is 15.6 Å². The highest BCUT2D eigenvalue weighted by molar-refractivity contribution is 7.81. The predicted octanol–water partition coefficient (Wildman–Crippen LogP) is 1.83. The summed E-state index contributed by atoms with van der Waals surface area (Å²) in [6.45, 7) is 3.15. The monoisotopic (exact) mass is 257 g/mol. The molecule has 0 aromatic carbocycles. The van der Waals surface area contributed by atoms with Crippen LogP contribution in [0.2, 0.25) is 0 Å². The maximum Gasteiger partial charge on any atom is 0.116 e. The molecule has 0 aliphatic carbocycles. The van der Waals surface area contributed by atoms with Crippen molar-refractivity contribution in [1.29, 1.82) is 0 Å². The second-order valence-corrected chi connectivity index (χ2v) is 5.57. The molecule has 0 fully saturated rings. The van der Waals surface area contributed by atoms with Crippen LogP contribution in [0.5, 0.6) is 0 Å². The number of likely N-dealkylation sites (N-methyl/N-ethyl adjacent to an activating group) is 1. The van der Waals surface area contributed by atoms with Crippen LogP contribution in [-0.4, -0.2) is 35.5 Å². The predicted molar refractivity (Wildman–Crippen MR) is 74.3 cm³/mol. The van der Waals surface area contributed by atoms with Crippen LogP contribution in [0.4, 0.5) is 0 Å². The molecule has 2 N–H and O–H groups in total. The van der Waals surface area contributed by atoms with E-state index in [2.05, 4.69) is 30.9 Å². The van der Waals surface area contributed by atoms with Crippen molar-refractivity contribution in [3.8, 4) is 0 Å². The van der Waals surface area contributed by atoms with E-state index in [1.165, 1.54) is 0 Å². The molecule has 0 bridgehead atoms. The number of thiazole rings is 1. The van der Waals surface area contributed by atoms with Gasteiger partial charge in [-0.3, -0.25) is 0 Å². The number of aryl methyl sites for hydroxylation is 1. The zero-order valence-electron chi connectivity index (χ0n) is 10.1. The van der Waals surface area contributed by atoms with E-state index in [9.17, 15) is 0 Å². The second kappa shape index (κ2) is 6.27. The summed E-state index contributed by atoms with van der Waals surface area (Å²) >= 11 is 6.70. The Kier molecular flexibility index (Phi) is 5.31. The summed E-state index contributed by atoms with van der Waals surface area (Å²) in [5.41, 5.74) is 6.78. The standard InChI is InChI=1S/C11H19N3S2/c1-4-5-8-10(11(12)15)16-9(13-8)6-7-14(2)3/h4-7H2,1-3H3,(H2,12,15). The zero-order chi connectivity index (χ0) is 12.1. The fourth-order valence-electron chi connectivity index (χ4n) is 1.43. The molecule has 0 aliphatic heterocycles. The molecular formula is C11H19N3S2. The molecule has 0 radical (unpaired) electrons. The van der Waals surface area contributed by atoms with Gasteiger partial charge in [0.15, 0.2) is 0 Å². The van der Waals surface area contributed by atoms with Gasteiger partial charge >= 0.3 is 0 Å². The lowest BCUT2D eigenvalue weighted by atomic mass is 10.2. The average Bonchev–Trinajstić information content (AvgIpc) is 2.59. The van der Waals surface area contributed by atoms with Crippen LogP contribution in [-0.2, 0) is 12.8 Å². The van der Waals surface area contributed by atoms with Crippen molar-refractivity contribution >= 4 is 28.5 Å². The number of nitrogens with zero attached hydrogens (tertiary/aromatic N) is 2. The Balaban J connectivity index is 2.79. The molecule has 0 saturated heterocycles. The molecule has 0 spiro atoms. The van der Waals surface area contributed by atoms with Gasteiger partial charge in [-0.2, -0.15) is 0 Å². The average molecular weight is 257 g/mol. The fourth-order valence-corrected chi connectivity index (χ4v) is 2.62. The van der Waals surface area contributed by atoms with Gasteiger partial charge in [-0.25, -0.2) is 4.98 Å². The molecule has 1 rings (SSSR count). The van der Waals surface area contributed by atoms with Crippen LogP contribution >= 0.6 is 23.6 Å². The van der Waals surface area contributed by atoms with Gasteiger partial charge in [0.2, 0.25) is 0 Å². The molecule has 0 saturated carbocycles. The van der Waals surface area contributed by atoms with Gasteiger partial charge in [0, 0.05) is 13.0 Å². The van der Waals surface area contributed by atoms with Crippen LogP contribution in [0.25, 0.3) is 0 Å². The summed E-state index contributed by atoms with van der Waals surface area (Å²) in [6, 6.07) is 0. The van der Waals surface area contributed by atoms with E-state index >= 15 is 0 Å². The number of nitrogens with two attached hydrogens (primary N) is 1. The highest BCUT2D eigenvalue weighted by atomic mass is 32.1. The lowest BCUT2D eigenvalue weighted by Gasteiger charge is -2.06. The second-order valence-electron chi connectivity index (χ2n) is 4.05. The summed E-state index contributed by atoms with van der Waals surface area (Å²) in [5, 5.41) is 1.14. The van der Waals surface area contributed by atoms with Gasteiger partial charge in [-0.1, -0.05) is 25.6 Å². The molecule has 0 atom stereocenters. The molecule has 0 amide bonds. The topological polar surface area (TPSA) is 42.2 Å². The number of hydrogen-bond acceptors (Lipinski definition) is 4. The summed E-state index contributed by atoms with van der Waals surface area (Å²) < 4.78 is 0. The summed E-state index contributed by atoms with van der Waals surface area (Å²) in [7, 11) is 4.13. The third kappa shape index (κ3) is 3.81. The number of rotatable bonds is 6. The van der Waals surface area contributed by atoms with Gasteiger partial charge in [-0.15, -0.1) is 11.3 Å². The maximum absolute atomic E-state index is 5.71. The first kappa shape index (κ1) is 13.5. The van der Waals surface area contributed by atoms with Crippen molar-refractivity contribution in [3.63, 3.8) is 0 Å². The fraction of sp³-hybridized carbons (Fsp3) is 0.636. The number of thiocarbonyl (C=S) groups is 1. The summed E-state index contributed by atoms with van der Waals surface area (Å²) in [4.78, 5) is 8.26. The number of hydrogen-bond donors (Lipinski definition) is 1. The van der Waals surface area contributed by atoms with Crippen LogP contribution in [0.1, 0.15) is 28.9 Å². The molecule has 0 aliphatic rings. The zero-order valence-corrected chi connectivity index (χ0v) is 11.7. The van der Waals surface area contributed by atoms with E-state index in [0.29, 0.717) is 4.99 Å². The third-order valence-corrected chi connectivity index (χ3v) is 3.75. The minimum Gasteiger partial charge on any atom is -0.389 e. The van der Waals surface area contributed by atoms with Crippen molar-refractivity contribution in [1.82, 2.24) is 9.88 Å². The Morgan fingerprint density at radius 2 is 2.12 bits per heavy atom. The van der Waals surface area contributed by atoms with E-state index < -0.39 is 0 Å². The Bertz CT molecular complexity index is 358. The molecule has 0 unspecified atom stereocenters. The minimum absolute atomic E-state index is 0.483. The third-order valence-electron chi connectivity index (χ3n) is 2.23. The molecule has 16 heavy (non-hydrogen) atoms. The lowest BCUT2D eigenvalue weighted by molar-refractivity contribution is 0.413. The van der Waals surface area contributed by atoms with Crippen molar-refractivity contribution < 1.29 is 0 Å². The summed E-state index contributed by atoms with van der Waals surface area (Å²) in [5.74, 6) is 0. The smallest absolute Gasteiger partial charge is 0.116 e. The molecule has 1 heterocycles. The Morgan fingerprint density at radius 3 is 2.62 bits per heavy atom. The van der Waals surface area contributed by atoms with E-state index in [4.69, 9.17) is 18.0 Å². The molecule has 90 valence electrons. The maximum atomic E-state index is 5.71. The van der Waals surface area contributed by atoms with Gasteiger partial charge < -0.3 is 10.6 Å². The molecular weight excluding hydrogens is 238 g/mol. The normalized spacial score (nSPS) is 11.0. The van der Waals surface area contributed by atoms with E-state index in [1.54, 1.807) is 11.3 Å². The first-order chi connectivity index (χ1) is 7.54. The van der Waals surface area contributed by atoms with Gasteiger partial charge in [0.25, 0.3) is 0 Å². The quantitative estimate of drug-likeness (QED) is 0.790. The number of aromatic nitrogens is 1. The molecule has 5 heteroatoms. The van der Waals surface area contributed by atoms with Crippen molar-refractivity contribution in [2.45, 2.75) is 26.2 Å². The Morgan fingerprint density at radius 1 is 1.44 bits per heavy atom. The van der Waals surface area contributed by atoms with Crippen LogP contribution in [0.3, 0.4) is 0 Å². The van der Waals surface area contributed by atoms with Gasteiger partial charge in [0.1, 0.15) is 4.99 Å². The highest BCUT2D eigenvalue weighted by Gasteiger charge is 2.12. The summed E-state index contributed by atoms with van der Waals surface area (Å²) in [6.07, 6.45) is 3.01. The van der Waals surface area contributed by atoms with Crippen LogP contribution in [0.15, 0.2) is 0 Å². The Hall–Kier alpha value is -0.520.